The van der Waals surface area contributed by atoms with Crippen LogP contribution in [0.1, 0.15) is 41.7 Å². The van der Waals surface area contributed by atoms with Crippen molar-refractivity contribution in [1.82, 2.24) is 0 Å². The number of hydrogen-bond acceptors (Lipinski definition) is 0. The highest BCUT2D eigenvalue weighted by molar-refractivity contribution is 5.67. The number of benzene rings is 2. The fourth-order valence-corrected chi connectivity index (χ4v) is 2.74. The molecule has 0 N–H and O–H groups in total. The molecule has 0 aromatic heterocycles. The maximum Gasteiger partial charge on any atom is -0.0169 e. The van der Waals surface area contributed by atoms with Gasteiger partial charge in [-0.2, -0.15) is 0 Å². The largest absolute Gasteiger partial charge is 0.0955 e. The van der Waals surface area contributed by atoms with Gasteiger partial charge in [0.25, 0.3) is 0 Å². The zero-order chi connectivity index (χ0) is 14.5. The predicted molar refractivity (Wildman–Crippen MR) is 89.1 cm³/mol. The van der Waals surface area contributed by atoms with Crippen LogP contribution in [0.25, 0.3) is 5.57 Å². The average Bonchev–Trinajstić information content (AvgIpc) is 2.46. The second kappa shape index (κ2) is 6.56. The molecule has 2 aromatic carbocycles. The highest BCUT2D eigenvalue weighted by atomic mass is 14.1. The molecule has 0 aliphatic heterocycles. The summed E-state index contributed by atoms with van der Waals surface area (Å²) in [6.45, 7) is 10.6. The second-order valence-corrected chi connectivity index (χ2v) is 5.57. The number of hydrogen-bond donors (Lipinski definition) is 0. The van der Waals surface area contributed by atoms with Crippen LogP contribution in [0.3, 0.4) is 0 Å². The standard InChI is InChI=1S/C20H24/c1-5-18-7-6-8-19(20(18)15(2)3)14-13-17-11-9-16(4)10-12-17/h6-12H,2,5,13-14H2,1,3-4H3. The number of allylic oxidation sites excluding steroid dienone is 1. The highest BCUT2D eigenvalue weighted by Gasteiger charge is 2.08. The molecular formula is C20H24. The monoisotopic (exact) mass is 264 g/mol. The van der Waals surface area contributed by atoms with Gasteiger partial charge in [0.05, 0.1) is 0 Å². The lowest BCUT2D eigenvalue weighted by molar-refractivity contribution is 0.946. The van der Waals surface area contributed by atoms with E-state index < -0.39 is 0 Å². The summed E-state index contributed by atoms with van der Waals surface area (Å²) in [5.41, 5.74) is 8.13. The van der Waals surface area contributed by atoms with Crippen LogP contribution >= 0.6 is 0 Å². The molecular weight excluding hydrogens is 240 g/mol. The third-order valence-corrected chi connectivity index (χ3v) is 3.85. The van der Waals surface area contributed by atoms with Crippen molar-refractivity contribution in [2.45, 2.75) is 40.0 Å². The van der Waals surface area contributed by atoms with Crippen LogP contribution in [0, 0.1) is 6.92 Å². The molecule has 0 atom stereocenters. The fraction of sp³-hybridized carbons (Fsp3) is 0.300. The van der Waals surface area contributed by atoms with E-state index in [9.17, 15) is 0 Å². The van der Waals surface area contributed by atoms with E-state index in [1.165, 1.54) is 33.4 Å². The van der Waals surface area contributed by atoms with E-state index in [0.717, 1.165) is 19.3 Å². The quantitative estimate of drug-likeness (QED) is 0.680. The second-order valence-electron chi connectivity index (χ2n) is 5.57. The van der Waals surface area contributed by atoms with Crippen LogP contribution in [0.15, 0.2) is 49.0 Å². The van der Waals surface area contributed by atoms with Gasteiger partial charge in [-0.05, 0) is 55.4 Å². The Hall–Kier alpha value is -1.82. The van der Waals surface area contributed by atoms with Crippen LogP contribution < -0.4 is 0 Å². The van der Waals surface area contributed by atoms with Crippen molar-refractivity contribution in [3.63, 3.8) is 0 Å². The molecule has 0 radical (unpaired) electrons. The predicted octanol–water partition coefficient (Wildman–Crippen LogP) is 5.38. The van der Waals surface area contributed by atoms with Crippen LogP contribution in [0.2, 0.25) is 0 Å². The molecule has 0 saturated heterocycles. The van der Waals surface area contributed by atoms with Crippen LogP contribution in [-0.2, 0) is 19.3 Å². The first-order valence-electron chi connectivity index (χ1n) is 7.44. The Balaban J connectivity index is 2.21. The smallest absolute Gasteiger partial charge is 0.0169 e. The lowest BCUT2D eigenvalue weighted by Gasteiger charge is -2.14. The van der Waals surface area contributed by atoms with Crippen LogP contribution in [-0.4, -0.2) is 0 Å². The summed E-state index contributed by atoms with van der Waals surface area (Å²) in [6, 6.07) is 15.5. The Bertz CT molecular complexity index is 588. The van der Waals surface area contributed by atoms with E-state index >= 15 is 0 Å². The molecule has 0 spiro atoms. The Kier molecular flexibility index (Phi) is 4.79. The molecule has 0 nitrogen and oxygen atoms in total. The summed E-state index contributed by atoms with van der Waals surface area (Å²) < 4.78 is 0. The third-order valence-electron chi connectivity index (χ3n) is 3.85. The van der Waals surface area contributed by atoms with Gasteiger partial charge in [0.1, 0.15) is 0 Å². The van der Waals surface area contributed by atoms with Crippen molar-refractivity contribution in [1.29, 1.82) is 0 Å². The van der Waals surface area contributed by atoms with Crippen molar-refractivity contribution in [2.24, 2.45) is 0 Å². The normalized spacial score (nSPS) is 10.6. The summed E-state index contributed by atoms with van der Waals surface area (Å²) in [6.07, 6.45) is 3.24. The van der Waals surface area contributed by atoms with Gasteiger partial charge < -0.3 is 0 Å². The van der Waals surface area contributed by atoms with Crippen molar-refractivity contribution in [3.05, 3.63) is 76.9 Å². The minimum Gasteiger partial charge on any atom is -0.0955 e. The zero-order valence-corrected chi connectivity index (χ0v) is 12.9. The SMILES string of the molecule is C=C(C)c1c(CC)cccc1CCc1ccc(C)cc1. The molecule has 20 heavy (non-hydrogen) atoms. The molecule has 0 unspecified atom stereocenters. The van der Waals surface area contributed by atoms with E-state index in [1.54, 1.807) is 0 Å². The third kappa shape index (κ3) is 3.39. The van der Waals surface area contributed by atoms with Gasteiger partial charge in [0.15, 0.2) is 0 Å². The highest BCUT2D eigenvalue weighted by Crippen LogP contribution is 2.24. The van der Waals surface area contributed by atoms with E-state index in [4.69, 9.17) is 0 Å². The van der Waals surface area contributed by atoms with Gasteiger partial charge in [-0.25, -0.2) is 0 Å². The van der Waals surface area contributed by atoms with E-state index in [0.29, 0.717) is 0 Å². The lowest BCUT2D eigenvalue weighted by Crippen LogP contribution is -1.99. The molecule has 0 heterocycles. The molecule has 104 valence electrons. The van der Waals surface area contributed by atoms with E-state index in [1.807, 2.05) is 0 Å². The minimum absolute atomic E-state index is 1.07. The Morgan fingerprint density at radius 1 is 0.950 bits per heavy atom. The molecule has 2 aromatic rings. The summed E-state index contributed by atoms with van der Waals surface area (Å²) in [7, 11) is 0. The molecule has 0 aliphatic rings. The van der Waals surface area contributed by atoms with Crippen molar-refractivity contribution >= 4 is 5.57 Å². The zero-order valence-electron chi connectivity index (χ0n) is 12.9. The maximum absolute atomic E-state index is 4.16. The molecule has 2 rings (SSSR count). The first-order chi connectivity index (χ1) is 9.61. The Labute approximate surface area is 123 Å². The lowest BCUT2D eigenvalue weighted by atomic mass is 9.91. The maximum atomic E-state index is 4.16. The van der Waals surface area contributed by atoms with E-state index in [-0.39, 0.29) is 0 Å². The van der Waals surface area contributed by atoms with Gasteiger partial charge in [0, 0.05) is 0 Å². The van der Waals surface area contributed by atoms with Crippen LogP contribution in [0.5, 0.6) is 0 Å². The molecule has 0 amide bonds. The number of rotatable bonds is 5. The number of aryl methyl sites for hydroxylation is 4. The average molecular weight is 264 g/mol. The van der Waals surface area contributed by atoms with E-state index in [2.05, 4.69) is 69.8 Å². The van der Waals surface area contributed by atoms with Gasteiger partial charge in [-0.1, -0.05) is 67.1 Å². The fourth-order valence-electron chi connectivity index (χ4n) is 2.74. The molecule has 0 fully saturated rings. The van der Waals surface area contributed by atoms with Crippen molar-refractivity contribution in [2.75, 3.05) is 0 Å². The van der Waals surface area contributed by atoms with Crippen molar-refractivity contribution < 1.29 is 0 Å². The molecule has 0 bridgehead atoms. The minimum atomic E-state index is 1.07. The van der Waals surface area contributed by atoms with Crippen LogP contribution in [0.4, 0.5) is 0 Å². The van der Waals surface area contributed by atoms with Gasteiger partial charge in [-0.3, -0.25) is 0 Å². The molecule has 0 saturated carbocycles. The van der Waals surface area contributed by atoms with Gasteiger partial charge in [0.2, 0.25) is 0 Å². The summed E-state index contributed by atoms with van der Waals surface area (Å²) in [5, 5.41) is 0. The van der Waals surface area contributed by atoms with Gasteiger partial charge in [-0.15, -0.1) is 0 Å². The Morgan fingerprint density at radius 3 is 2.20 bits per heavy atom. The first-order valence-corrected chi connectivity index (χ1v) is 7.44. The van der Waals surface area contributed by atoms with Crippen molar-refractivity contribution in [3.8, 4) is 0 Å². The Morgan fingerprint density at radius 2 is 1.60 bits per heavy atom. The summed E-state index contributed by atoms with van der Waals surface area (Å²) in [4.78, 5) is 0. The topological polar surface area (TPSA) is 0 Å². The molecule has 0 heteroatoms. The molecule has 0 aliphatic carbocycles. The first kappa shape index (κ1) is 14.6. The van der Waals surface area contributed by atoms with Gasteiger partial charge >= 0.3 is 0 Å². The summed E-state index contributed by atoms with van der Waals surface area (Å²) in [5.74, 6) is 0. The summed E-state index contributed by atoms with van der Waals surface area (Å²) >= 11 is 0.